The third kappa shape index (κ3) is 0.932. The van der Waals surface area contributed by atoms with Gasteiger partial charge in [0.05, 0.1) is 12.0 Å². The number of aliphatic hydroxyl groups excluding tert-OH is 1. The van der Waals surface area contributed by atoms with Gasteiger partial charge in [-0.15, -0.1) is 0 Å². The number of hydrogen-bond donors (Lipinski definition) is 1. The summed E-state index contributed by atoms with van der Waals surface area (Å²) in [7, 11) is 0. The molecule has 1 heterocycles. The highest BCUT2D eigenvalue weighted by atomic mass is 16.6. The molecule has 0 aromatic rings. The van der Waals surface area contributed by atoms with E-state index in [4.69, 9.17) is 4.74 Å². The van der Waals surface area contributed by atoms with Gasteiger partial charge in [0.1, 0.15) is 6.10 Å². The Morgan fingerprint density at radius 1 is 1.36 bits per heavy atom. The average molecular weight is 192 g/mol. The second-order valence-electron chi connectivity index (χ2n) is 4.21. The number of carbonyl (C=O) groups is 1. The van der Waals surface area contributed by atoms with Crippen LogP contribution >= 0.6 is 0 Å². The van der Waals surface area contributed by atoms with Crippen LogP contribution in [0.3, 0.4) is 0 Å². The van der Waals surface area contributed by atoms with Crippen molar-refractivity contribution in [2.24, 2.45) is 17.8 Å². The zero-order valence-electron chi connectivity index (χ0n) is 7.67. The number of rotatable bonds is 0. The zero-order valence-corrected chi connectivity index (χ0v) is 7.67. The predicted octanol–water partition coefficient (Wildman–Crippen LogP) is 0.651. The van der Waals surface area contributed by atoms with Gasteiger partial charge in [0.25, 0.3) is 0 Å². The zero-order chi connectivity index (χ0) is 9.71. The molecule has 0 bridgehead atoms. The maximum Gasteiger partial charge on any atom is 0.313 e. The number of carbonyl (C=O) groups excluding carboxylic acids is 1. The van der Waals surface area contributed by atoms with E-state index in [9.17, 15) is 9.90 Å². The lowest BCUT2D eigenvalue weighted by molar-refractivity contribution is -0.142. The first kappa shape index (κ1) is 8.24. The normalized spacial score (nSPS) is 48.9. The quantitative estimate of drug-likeness (QED) is 0.453. The van der Waals surface area contributed by atoms with Crippen molar-refractivity contribution < 1.29 is 14.6 Å². The molecule has 0 radical (unpaired) electrons. The lowest BCUT2D eigenvalue weighted by Crippen LogP contribution is -2.39. The highest BCUT2D eigenvalue weighted by Crippen LogP contribution is 2.44. The molecule has 74 valence electrons. The van der Waals surface area contributed by atoms with E-state index in [1.54, 1.807) is 6.08 Å². The largest absolute Gasteiger partial charge is 0.457 e. The average Bonchev–Trinajstić information content (AvgIpc) is 2.52. The van der Waals surface area contributed by atoms with Crippen LogP contribution in [0, 0.1) is 17.8 Å². The lowest BCUT2D eigenvalue weighted by Gasteiger charge is -2.35. The van der Waals surface area contributed by atoms with Gasteiger partial charge in [-0.25, -0.2) is 0 Å². The van der Waals surface area contributed by atoms with Crippen molar-refractivity contribution >= 4 is 5.97 Å². The van der Waals surface area contributed by atoms with Crippen molar-refractivity contribution in [3.8, 4) is 0 Å². The van der Waals surface area contributed by atoms with Crippen LogP contribution in [0.5, 0.6) is 0 Å². The molecule has 14 heavy (non-hydrogen) atoms. The summed E-state index contributed by atoms with van der Waals surface area (Å²) in [5.41, 5.74) is 0. The van der Waals surface area contributed by atoms with Crippen LogP contribution in [0.1, 0.15) is 6.42 Å². The minimum absolute atomic E-state index is 0.106. The summed E-state index contributed by atoms with van der Waals surface area (Å²) in [5.74, 6) is 0.0528. The van der Waals surface area contributed by atoms with Crippen molar-refractivity contribution in [1.29, 1.82) is 0 Å². The van der Waals surface area contributed by atoms with Gasteiger partial charge in [0.2, 0.25) is 0 Å². The van der Waals surface area contributed by atoms with Gasteiger partial charge in [-0.3, -0.25) is 4.79 Å². The molecule has 3 nitrogen and oxygen atoms in total. The minimum atomic E-state index is -0.418. The second kappa shape index (κ2) is 2.70. The first-order chi connectivity index (χ1) is 6.77. The van der Waals surface area contributed by atoms with Crippen molar-refractivity contribution in [3.63, 3.8) is 0 Å². The Morgan fingerprint density at radius 2 is 2.21 bits per heavy atom. The van der Waals surface area contributed by atoms with E-state index in [-0.39, 0.29) is 29.8 Å². The van der Waals surface area contributed by atoms with Gasteiger partial charge >= 0.3 is 5.97 Å². The minimum Gasteiger partial charge on any atom is -0.457 e. The molecule has 1 fully saturated rings. The Bertz CT molecular complexity index is 331. The molecule has 3 heteroatoms. The van der Waals surface area contributed by atoms with Gasteiger partial charge < -0.3 is 9.84 Å². The molecular formula is C11H12O3. The molecular weight excluding hydrogens is 180 g/mol. The summed E-state index contributed by atoms with van der Waals surface area (Å²) >= 11 is 0. The molecule has 0 aromatic carbocycles. The number of aliphatic hydroxyl groups is 1. The van der Waals surface area contributed by atoms with E-state index in [0.717, 1.165) is 6.42 Å². The molecule has 3 aliphatic rings. The predicted molar refractivity (Wildman–Crippen MR) is 49.3 cm³/mol. The number of ether oxygens (including phenoxy) is 1. The molecule has 0 unspecified atom stereocenters. The third-order valence-electron chi connectivity index (χ3n) is 3.50. The fourth-order valence-corrected chi connectivity index (χ4v) is 2.81. The van der Waals surface area contributed by atoms with E-state index >= 15 is 0 Å². The molecule has 3 rings (SSSR count). The molecule has 0 spiro atoms. The van der Waals surface area contributed by atoms with E-state index in [1.165, 1.54) is 0 Å². The summed E-state index contributed by atoms with van der Waals surface area (Å²) in [4.78, 5) is 11.5. The maximum absolute atomic E-state index is 11.5. The standard InChI is InChI=1S/C11H12O3/c12-8-4-5-9-10-6(8)2-1-3-7(10)11(13)14-9/h1,3-10,12H,2H2/t6-,7+,8-,9+,10-/m0/s1. The van der Waals surface area contributed by atoms with Crippen LogP contribution in [0.25, 0.3) is 0 Å². The highest BCUT2D eigenvalue weighted by Gasteiger charge is 2.50. The number of hydrogen-bond acceptors (Lipinski definition) is 3. The smallest absolute Gasteiger partial charge is 0.313 e. The van der Waals surface area contributed by atoms with Crippen LogP contribution in [-0.2, 0) is 9.53 Å². The van der Waals surface area contributed by atoms with Gasteiger partial charge in [0, 0.05) is 5.92 Å². The van der Waals surface area contributed by atoms with Crippen LogP contribution in [0.4, 0.5) is 0 Å². The van der Waals surface area contributed by atoms with E-state index in [2.05, 4.69) is 0 Å². The lowest BCUT2D eigenvalue weighted by atomic mass is 9.69. The van der Waals surface area contributed by atoms with Crippen LogP contribution in [0.2, 0.25) is 0 Å². The van der Waals surface area contributed by atoms with Gasteiger partial charge in [-0.05, 0) is 18.4 Å². The van der Waals surface area contributed by atoms with E-state index < -0.39 is 6.10 Å². The first-order valence-corrected chi connectivity index (χ1v) is 5.01. The third-order valence-corrected chi connectivity index (χ3v) is 3.50. The molecule has 1 saturated heterocycles. The summed E-state index contributed by atoms with van der Waals surface area (Å²) < 4.78 is 5.24. The number of esters is 1. The van der Waals surface area contributed by atoms with E-state index in [0.29, 0.717) is 0 Å². The second-order valence-corrected chi connectivity index (χ2v) is 4.21. The van der Waals surface area contributed by atoms with Gasteiger partial charge in [-0.2, -0.15) is 0 Å². The molecule has 0 aromatic heterocycles. The Morgan fingerprint density at radius 3 is 3.07 bits per heavy atom. The molecule has 5 atom stereocenters. The molecule has 1 N–H and O–H groups in total. The molecule has 1 aliphatic heterocycles. The van der Waals surface area contributed by atoms with Gasteiger partial charge in [-0.1, -0.05) is 18.2 Å². The van der Waals surface area contributed by atoms with Gasteiger partial charge in [0.15, 0.2) is 0 Å². The first-order valence-electron chi connectivity index (χ1n) is 5.01. The Hall–Kier alpha value is -1.09. The summed E-state index contributed by atoms with van der Waals surface area (Å²) in [6.45, 7) is 0. The van der Waals surface area contributed by atoms with Crippen molar-refractivity contribution in [2.75, 3.05) is 0 Å². The van der Waals surface area contributed by atoms with Crippen molar-refractivity contribution in [3.05, 3.63) is 24.3 Å². The summed E-state index contributed by atoms with van der Waals surface area (Å²) in [5, 5.41) is 9.77. The molecule has 2 aliphatic carbocycles. The van der Waals surface area contributed by atoms with Crippen molar-refractivity contribution in [2.45, 2.75) is 18.6 Å². The highest BCUT2D eigenvalue weighted by molar-refractivity contribution is 5.78. The van der Waals surface area contributed by atoms with Crippen LogP contribution in [-0.4, -0.2) is 23.3 Å². The molecule has 0 amide bonds. The Kier molecular flexibility index (Phi) is 1.59. The fourth-order valence-electron chi connectivity index (χ4n) is 2.81. The topological polar surface area (TPSA) is 46.5 Å². The van der Waals surface area contributed by atoms with Crippen molar-refractivity contribution in [1.82, 2.24) is 0 Å². The number of allylic oxidation sites excluding steroid dienone is 1. The Balaban J connectivity index is 2.04. The van der Waals surface area contributed by atoms with Crippen LogP contribution in [0.15, 0.2) is 24.3 Å². The Labute approximate surface area is 82.1 Å². The summed E-state index contributed by atoms with van der Waals surface area (Å²) in [6, 6.07) is 0. The van der Waals surface area contributed by atoms with Crippen LogP contribution < -0.4 is 0 Å². The SMILES string of the molecule is O=C1O[C@@H]2C=C[C@H](O)[C@@H]3CC=C[C@@H]1[C@H]32. The molecule has 0 saturated carbocycles. The van der Waals surface area contributed by atoms with E-state index in [1.807, 2.05) is 18.2 Å². The summed E-state index contributed by atoms with van der Waals surface area (Å²) in [6.07, 6.45) is 7.81. The maximum atomic E-state index is 11.5. The monoisotopic (exact) mass is 192 g/mol. The fraction of sp³-hybridized carbons (Fsp3) is 0.545.